The second-order valence-electron chi connectivity index (χ2n) is 5.20. The maximum Gasteiger partial charge on any atom is 0.163 e. The molecule has 22 heavy (non-hydrogen) atoms. The largest absolute Gasteiger partial charge is 0.399 e. The minimum Gasteiger partial charge on any atom is -0.399 e. The standard InChI is InChI=1S/C17H19N5/c1-3-15-9-12(11-22(15)2)17-19-8-7-16(21-17)20-14-6-4-5-13(18)10-14/h4-11H,3,18H2,1-2H3,(H,19,20,21). The van der Waals surface area contributed by atoms with E-state index in [0.29, 0.717) is 5.82 Å². The van der Waals surface area contributed by atoms with Crippen LogP contribution in [-0.2, 0) is 13.5 Å². The van der Waals surface area contributed by atoms with Crippen LogP contribution in [0.2, 0.25) is 0 Å². The first-order valence-electron chi connectivity index (χ1n) is 7.27. The smallest absolute Gasteiger partial charge is 0.163 e. The first-order valence-corrected chi connectivity index (χ1v) is 7.27. The van der Waals surface area contributed by atoms with Crippen LogP contribution in [0.5, 0.6) is 0 Å². The van der Waals surface area contributed by atoms with Crippen LogP contribution >= 0.6 is 0 Å². The van der Waals surface area contributed by atoms with Crippen LogP contribution in [0.4, 0.5) is 17.2 Å². The molecule has 0 aliphatic carbocycles. The highest BCUT2D eigenvalue weighted by atomic mass is 15.0. The minimum atomic E-state index is 0.712. The van der Waals surface area contributed by atoms with E-state index < -0.39 is 0 Å². The van der Waals surface area contributed by atoms with Crippen molar-refractivity contribution in [3.8, 4) is 11.4 Å². The van der Waals surface area contributed by atoms with Crippen LogP contribution in [0.25, 0.3) is 11.4 Å². The summed E-state index contributed by atoms with van der Waals surface area (Å²) in [5.41, 5.74) is 9.70. The van der Waals surface area contributed by atoms with Gasteiger partial charge in [0.05, 0.1) is 0 Å². The number of hydrogen-bond acceptors (Lipinski definition) is 4. The van der Waals surface area contributed by atoms with E-state index in [-0.39, 0.29) is 0 Å². The number of nitrogen functional groups attached to an aromatic ring is 1. The average molecular weight is 293 g/mol. The highest BCUT2D eigenvalue weighted by Crippen LogP contribution is 2.22. The van der Waals surface area contributed by atoms with Gasteiger partial charge in [-0.3, -0.25) is 0 Å². The van der Waals surface area contributed by atoms with E-state index in [1.807, 2.05) is 37.4 Å². The Morgan fingerprint density at radius 3 is 2.82 bits per heavy atom. The summed E-state index contributed by atoms with van der Waals surface area (Å²) >= 11 is 0. The highest BCUT2D eigenvalue weighted by Gasteiger charge is 2.07. The Hall–Kier alpha value is -2.82. The van der Waals surface area contributed by atoms with E-state index in [1.54, 1.807) is 6.20 Å². The van der Waals surface area contributed by atoms with E-state index in [2.05, 4.69) is 39.0 Å². The molecule has 112 valence electrons. The molecule has 0 radical (unpaired) electrons. The van der Waals surface area contributed by atoms with Crippen molar-refractivity contribution < 1.29 is 0 Å². The Labute approximate surface area is 129 Å². The molecule has 0 fully saturated rings. The van der Waals surface area contributed by atoms with Crippen LogP contribution in [-0.4, -0.2) is 14.5 Å². The molecule has 2 aromatic heterocycles. The summed E-state index contributed by atoms with van der Waals surface area (Å²) < 4.78 is 2.11. The van der Waals surface area contributed by atoms with Gasteiger partial charge in [0.15, 0.2) is 5.82 Å². The fourth-order valence-electron chi connectivity index (χ4n) is 2.42. The van der Waals surface area contributed by atoms with Crippen molar-refractivity contribution in [2.75, 3.05) is 11.1 Å². The highest BCUT2D eigenvalue weighted by molar-refractivity contribution is 5.63. The normalized spacial score (nSPS) is 10.6. The molecule has 5 nitrogen and oxygen atoms in total. The predicted octanol–water partition coefficient (Wildman–Crippen LogP) is 3.37. The molecule has 1 aromatic carbocycles. The predicted molar refractivity (Wildman–Crippen MR) is 90.0 cm³/mol. The zero-order valence-electron chi connectivity index (χ0n) is 12.7. The lowest BCUT2D eigenvalue weighted by atomic mass is 10.2. The second kappa shape index (κ2) is 5.89. The van der Waals surface area contributed by atoms with Gasteiger partial charge < -0.3 is 15.6 Å². The van der Waals surface area contributed by atoms with Gasteiger partial charge in [0.1, 0.15) is 5.82 Å². The summed E-state index contributed by atoms with van der Waals surface area (Å²) in [6.45, 7) is 2.14. The Kier molecular flexibility index (Phi) is 3.78. The maximum atomic E-state index is 5.79. The monoisotopic (exact) mass is 293 g/mol. The third-order valence-electron chi connectivity index (χ3n) is 3.54. The zero-order chi connectivity index (χ0) is 15.5. The fraction of sp³-hybridized carbons (Fsp3) is 0.176. The summed E-state index contributed by atoms with van der Waals surface area (Å²) in [5, 5.41) is 3.25. The molecule has 0 bridgehead atoms. The number of hydrogen-bond donors (Lipinski definition) is 2. The lowest BCUT2D eigenvalue weighted by molar-refractivity contribution is 0.838. The van der Waals surface area contributed by atoms with Gasteiger partial charge in [-0.1, -0.05) is 13.0 Å². The van der Waals surface area contributed by atoms with Crippen molar-refractivity contribution in [3.63, 3.8) is 0 Å². The Balaban J connectivity index is 1.89. The number of nitrogens with two attached hydrogens (primary N) is 1. The van der Waals surface area contributed by atoms with Crippen LogP contribution in [0.1, 0.15) is 12.6 Å². The molecular weight excluding hydrogens is 274 g/mol. The number of anilines is 3. The summed E-state index contributed by atoms with van der Waals surface area (Å²) in [6, 6.07) is 11.6. The molecule has 0 saturated carbocycles. The number of nitrogens with zero attached hydrogens (tertiary/aromatic N) is 3. The van der Waals surface area contributed by atoms with Gasteiger partial charge in [-0.2, -0.15) is 0 Å². The summed E-state index contributed by atoms with van der Waals surface area (Å²) in [5.74, 6) is 1.46. The fourth-order valence-corrected chi connectivity index (χ4v) is 2.42. The zero-order valence-corrected chi connectivity index (χ0v) is 12.7. The van der Waals surface area contributed by atoms with Gasteiger partial charge in [0.25, 0.3) is 0 Å². The van der Waals surface area contributed by atoms with E-state index in [1.165, 1.54) is 5.69 Å². The van der Waals surface area contributed by atoms with Crippen molar-refractivity contribution >= 4 is 17.2 Å². The molecule has 2 heterocycles. The van der Waals surface area contributed by atoms with E-state index in [4.69, 9.17) is 5.73 Å². The maximum absolute atomic E-state index is 5.79. The third-order valence-corrected chi connectivity index (χ3v) is 3.54. The lowest BCUT2D eigenvalue weighted by Crippen LogP contribution is -1.97. The molecule has 0 atom stereocenters. The van der Waals surface area contributed by atoms with Crippen LogP contribution in [0.15, 0.2) is 48.8 Å². The van der Waals surface area contributed by atoms with Crippen LogP contribution in [0.3, 0.4) is 0 Å². The third kappa shape index (κ3) is 2.93. The molecule has 0 amide bonds. The summed E-state index contributed by atoms with van der Waals surface area (Å²) in [6.07, 6.45) is 4.80. The molecule has 5 heteroatoms. The number of rotatable bonds is 4. The van der Waals surface area contributed by atoms with Gasteiger partial charge in [-0.25, -0.2) is 9.97 Å². The van der Waals surface area contributed by atoms with E-state index >= 15 is 0 Å². The molecule has 0 aliphatic rings. The number of nitrogens with one attached hydrogen (secondary N) is 1. The van der Waals surface area contributed by atoms with Gasteiger partial charge in [-0.15, -0.1) is 0 Å². The molecule has 0 aliphatic heterocycles. The molecule has 3 N–H and O–H groups in total. The van der Waals surface area contributed by atoms with Crippen molar-refractivity contribution in [1.29, 1.82) is 0 Å². The van der Waals surface area contributed by atoms with Crippen molar-refractivity contribution in [2.45, 2.75) is 13.3 Å². The summed E-state index contributed by atoms with van der Waals surface area (Å²) in [4.78, 5) is 8.95. The quantitative estimate of drug-likeness (QED) is 0.724. The SMILES string of the molecule is CCc1cc(-c2nccc(Nc3cccc(N)c3)n2)cn1C. The second-order valence-corrected chi connectivity index (χ2v) is 5.20. The van der Waals surface area contributed by atoms with Gasteiger partial charge in [0.2, 0.25) is 0 Å². The number of aryl methyl sites for hydroxylation is 2. The molecule has 3 aromatic rings. The molecule has 3 rings (SSSR count). The first-order chi connectivity index (χ1) is 10.7. The summed E-state index contributed by atoms with van der Waals surface area (Å²) in [7, 11) is 2.04. The van der Waals surface area contributed by atoms with Gasteiger partial charge in [0, 0.05) is 42.1 Å². The van der Waals surface area contributed by atoms with Crippen molar-refractivity contribution in [3.05, 3.63) is 54.5 Å². The minimum absolute atomic E-state index is 0.712. The number of benzene rings is 1. The Bertz CT molecular complexity index is 791. The van der Waals surface area contributed by atoms with Crippen molar-refractivity contribution in [1.82, 2.24) is 14.5 Å². The molecule has 0 saturated heterocycles. The van der Waals surface area contributed by atoms with E-state index in [0.717, 1.165) is 29.2 Å². The molecule has 0 unspecified atom stereocenters. The first kappa shape index (κ1) is 14.1. The van der Waals surface area contributed by atoms with E-state index in [9.17, 15) is 0 Å². The van der Waals surface area contributed by atoms with Crippen LogP contribution < -0.4 is 11.1 Å². The topological polar surface area (TPSA) is 68.8 Å². The Morgan fingerprint density at radius 1 is 1.23 bits per heavy atom. The Morgan fingerprint density at radius 2 is 2.09 bits per heavy atom. The lowest BCUT2D eigenvalue weighted by Gasteiger charge is -2.07. The number of aromatic nitrogens is 3. The molecule has 0 spiro atoms. The van der Waals surface area contributed by atoms with Crippen molar-refractivity contribution in [2.24, 2.45) is 7.05 Å². The van der Waals surface area contributed by atoms with Crippen LogP contribution in [0, 0.1) is 0 Å². The van der Waals surface area contributed by atoms with Gasteiger partial charge in [-0.05, 0) is 36.8 Å². The average Bonchev–Trinajstić information content (AvgIpc) is 2.89. The van der Waals surface area contributed by atoms with Gasteiger partial charge >= 0.3 is 0 Å². The molecular formula is C17H19N5.